The van der Waals surface area contributed by atoms with E-state index in [4.69, 9.17) is 5.26 Å². The van der Waals surface area contributed by atoms with Crippen molar-refractivity contribution in [2.75, 3.05) is 13.1 Å². The molecule has 0 aromatic heterocycles. The highest BCUT2D eigenvalue weighted by Crippen LogP contribution is 2.14. The van der Waals surface area contributed by atoms with Crippen molar-refractivity contribution in [1.29, 1.82) is 5.26 Å². The first kappa shape index (κ1) is 8.79. The molecule has 1 fully saturated rings. The second kappa shape index (κ2) is 3.91. The van der Waals surface area contributed by atoms with E-state index in [1.165, 1.54) is 5.57 Å². The minimum absolute atomic E-state index is 0.00642. The van der Waals surface area contributed by atoms with Gasteiger partial charge in [-0.15, -0.1) is 0 Å². The Labute approximate surface area is 72.3 Å². The van der Waals surface area contributed by atoms with Gasteiger partial charge in [-0.3, -0.25) is 4.79 Å². The Hall–Kier alpha value is -1.30. The van der Waals surface area contributed by atoms with E-state index < -0.39 is 0 Å². The van der Waals surface area contributed by atoms with E-state index in [9.17, 15) is 4.79 Å². The molecule has 64 valence electrons. The number of nitriles is 1. The third-order valence-corrected chi connectivity index (χ3v) is 2.05. The van der Waals surface area contributed by atoms with Crippen LogP contribution in [-0.4, -0.2) is 23.9 Å². The minimum atomic E-state index is -0.0509. The van der Waals surface area contributed by atoms with E-state index in [-0.39, 0.29) is 12.3 Å². The zero-order valence-electron chi connectivity index (χ0n) is 7.05. The molecule has 0 aromatic carbocycles. The normalized spacial score (nSPS) is 17.2. The van der Waals surface area contributed by atoms with Crippen LogP contribution < -0.4 is 0 Å². The second-order valence-corrected chi connectivity index (χ2v) is 2.97. The van der Waals surface area contributed by atoms with Crippen LogP contribution in [0.15, 0.2) is 12.2 Å². The SMILES string of the molecule is C=C1CCN(C(=O)CC#N)CC1. The van der Waals surface area contributed by atoms with Gasteiger partial charge in [-0.2, -0.15) is 5.26 Å². The molecule has 0 aromatic rings. The zero-order chi connectivity index (χ0) is 8.97. The predicted octanol–water partition coefficient (Wildman–Crippen LogP) is 1.08. The first-order chi connectivity index (χ1) is 5.74. The van der Waals surface area contributed by atoms with Crippen LogP contribution in [0.5, 0.6) is 0 Å². The van der Waals surface area contributed by atoms with Crippen LogP contribution in [0.4, 0.5) is 0 Å². The Bertz CT molecular complexity index is 229. The average Bonchev–Trinajstić information content (AvgIpc) is 2.06. The molecule has 3 heteroatoms. The van der Waals surface area contributed by atoms with E-state index in [1.54, 1.807) is 4.90 Å². The van der Waals surface area contributed by atoms with Gasteiger partial charge in [0.25, 0.3) is 0 Å². The van der Waals surface area contributed by atoms with Crippen LogP contribution in [0.1, 0.15) is 19.3 Å². The Kier molecular flexibility index (Phi) is 2.87. The molecule has 0 N–H and O–H groups in total. The monoisotopic (exact) mass is 164 g/mol. The summed E-state index contributed by atoms with van der Waals surface area (Å²) in [6.07, 6.45) is 1.78. The molecule has 0 aliphatic carbocycles. The van der Waals surface area contributed by atoms with Crippen LogP contribution in [0.25, 0.3) is 0 Å². The molecule has 1 aliphatic rings. The van der Waals surface area contributed by atoms with Gasteiger partial charge in [0.1, 0.15) is 6.42 Å². The Morgan fingerprint density at radius 1 is 1.58 bits per heavy atom. The van der Waals surface area contributed by atoms with Crippen LogP contribution >= 0.6 is 0 Å². The number of amides is 1. The van der Waals surface area contributed by atoms with Gasteiger partial charge < -0.3 is 4.90 Å². The summed E-state index contributed by atoms with van der Waals surface area (Å²) in [5.74, 6) is -0.0509. The molecule has 0 unspecified atom stereocenters. The molecule has 3 nitrogen and oxygen atoms in total. The first-order valence-corrected chi connectivity index (χ1v) is 4.05. The number of rotatable bonds is 1. The topological polar surface area (TPSA) is 44.1 Å². The number of hydrogen-bond donors (Lipinski definition) is 0. The van der Waals surface area contributed by atoms with Crippen molar-refractivity contribution in [3.8, 4) is 6.07 Å². The van der Waals surface area contributed by atoms with Crippen molar-refractivity contribution >= 4 is 5.91 Å². The standard InChI is InChI=1S/C9H12N2O/c1-8-3-6-11(7-4-8)9(12)2-5-10/h1-4,6-7H2. The van der Waals surface area contributed by atoms with Gasteiger partial charge in [-0.25, -0.2) is 0 Å². The molecular weight excluding hydrogens is 152 g/mol. The van der Waals surface area contributed by atoms with E-state index in [0.717, 1.165) is 25.9 Å². The number of piperidine rings is 1. The first-order valence-electron chi connectivity index (χ1n) is 4.05. The molecule has 1 amide bonds. The van der Waals surface area contributed by atoms with Crippen molar-refractivity contribution in [3.63, 3.8) is 0 Å². The van der Waals surface area contributed by atoms with Gasteiger partial charge >= 0.3 is 0 Å². The smallest absolute Gasteiger partial charge is 0.236 e. The maximum absolute atomic E-state index is 11.2. The van der Waals surface area contributed by atoms with Gasteiger partial charge in [0.05, 0.1) is 6.07 Å². The molecule has 1 heterocycles. The molecule has 0 saturated carbocycles. The maximum Gasteiger partial charge on any atom is 0.236 e. The van der Waals surface area contributed by atoms with E-state index in [0.29, 0.717) is 0 Å². The largest absolute Gasteiger partial charge is 0.341 e. The number of carbonyl (C=O) groups is 1. The summed E-state index contributed by atoms with van der Waals surface area (Å²) in [6.45, 7) is 5.32. The van der Waals surface area contributed by atoms with Gasteiger partial charge in [0.2, 0.25) is 5.91 Å². The zero-order valence-corrected chi connectivity index (χ0v) is 7.05. The Morgan fingerprint density at radius 3 is 2.67 bits per heavy atom. The summed E-state index contributed by atoms with van der Waals surface area (Å²) in [6, 6.07) is 1.86. The van der Waals surface area contributed by atoms with Crippen LogP contribution in [0, 0.1) is 11.3 Å². The molecule has 0 radical (unpaired) electrons. The van der Waals surface area contributed by atoms with Crippen molar-refractivity contribution in [2.45, 2.75) is 19.3 Å². The summed E-state index contributed by atoms with van der Waals surface area (Å²) < 4.78 is 0. The highest BCUT2D eigenvalue weighted by Gasteiger charge is 2.16. The Morgan fingerprint density at radius 2 is 2.17 bits per heavy atom. The molecule has 1 rings (SSSR count). The molecule has 0 spiro atoms. The molecule has 1 saturated heterocycles. The van der Waals surface area contributed by atoms with Gasteiger partial charge in [0, 0.05) is 13.1 Å². The van der Waals surface area contributed by atoms with E-state index in [2.05, 4.69) is 6.58 Å². The van der Waals surface area contributed by atoms with Crippen molar-refractivity contribution in [2.24, 2.45) is 0 Å². The molecule has 1 aliphatic heterocycles. The number of nitrogens with zero attached hydrogens (tertiary/aromatic N) is 2. The van der Waals surface area contributed by atoms with Crippen molar-refractivity contribution in [3.05, 3.63) is 12.2 Å². The predicted molar refractivity (Wildman–Crippen MR) is 45.2 cm³/mol. The summed E-state index contributed by atoms with van der Waals surface area (Å²) >= 11 is 0. The third-order valence-electron chi connectivity index (χ3n) is 2.05. The van der Waals surface area contributed by atoms with Crippen LogP contribution in [0.3, 0.4) is 0 Å². The highest BCUT2D eigenvalue weighted by molar-refractivity contribution is 5.78. The summed E-state index contributed by atoms with van der Waals surface area (Å²) in [4.78, 5) is 12.9. The number of carbonyl (C=O) groups excluding carboxylic acids is 1. The lowest BCUT2D eigenvalue weighted by Crippen LogP contribution is -2.35. The van der Waals surface area contributed by atoms with Crippen LogP contribution in [-0.2, 0) is 4.79 Å². The molecular formula is C9H12N2O. The van der Waals surface area contributed by atoms with Crippen molar-refractivity contribution < 1.29 is 4.79 Å². The minimum Gasteiger partial charge on any atom is -0.341 e. The fraction of sp³-hybridized carbons (Fsp3) is 0.556. The van der Waals surface area contributed by atoms with Crippen LogP contribution in [0.2, 0.25) is 0 Å². The average molecular weight is 164 g/mol. The van der Waals surface area contributed by atoms with Gasteiger partial charge in [0.15, 0.2) is 0 Å². The Balaban J connectivity index is 2.40. The number of likely N-dealkylation sites (tertiary alicyclic amines) is 1. The maximum atomic E-state index is 11.2. The summed E-state index contributed by atoms with van der Waals surface area (Å²) in [5, 5.41) is 8.30. The third kappa shape index (κ3) is 2.09. The fourth-order valence-electron chi connectivity index (χ4n) is 1.25. The summed E-state index contributed by atoms with van der Waals surface area (Å²) in [5.41, 5.74) is 1.20. The lowest BCUT2D eigenvalue weighted by atomic mass is 10.1. The highest BCUT2D eigenvalue weighted by atomic mass is 16.2. The quantitative estimate of drug-likeness (QED) is 0.544. The number of hydrogen-bond acceptors (Lipinski definition) is 2. The van der Waals surface area contributed by atoms with Gasteiger partial charge in [-0.1, -0.05) is 12.2 Å². The van der Waals surface area contributed by atoms with Crippen molar-refractivity contribution in [1.82, 2.24) is 4.90 Å². The summed E-state index contributed by atoms with van der Waals surface area (Å²) in [7, 11) is 0. The van der Waals surface area contributed by atoms with Gasteiger partial charge in [-0.05, 0) is 12.8 Å². The molecule has 12 heavy (non-hydrogen) atoms. The molecule has 0 bridgehead atoms. The lowest BCUT2D eigenvalue weighted by molar-refractivity contribution is -0.130. The van der Waals surface area contributed by atoms with E-state index >= 15 is 0 Å². The fourth-order valence-corrected chi connectivity index (χ4v) is 1.25. The molecule has 0 atom stereocenters. The lowest BCUT2D eigenvalue weighted by Gasteiger charge is -2.27. The second-order valence-electron chi connectivity index (χ2n) is 2.97. The van der Waals surface area contributed by atoms with E-state index in [1.807, 2.05) is 6.07 Å².